The van der Waals surface area contributed by atoms with Crippen molar-refractivity contribution in [1.29, 1.82) is 0 Å². The first-order valence-corrected chi connectivity index (χ1v) is 10.0. The molecular weight excluding hydrogens is 342 g/mol. The lowest BCUT2D eigenvalue weighted by Gasteiger charge is -2.29. The van der Waals surface area contributed by atoms with Gasteiger partial charge in [0.25, 0.3) is 5.91 Å². The van der Waals surface area contributed by atoms with Gasteiger partial charge in [-0.1, -0.05) is 48.2 Å². The highest BCUT2D eigenvalue weighted by Gasteiger charge is 2.29. The molecule has 0 spiro atoms. The molecule has 2 atom stereocenters. The van der Waals surface area contributed by atoms with Gasteiger partial charge in [-0.05, 0) is 55.0 Å². The smallest absolute Gasteiger partial charge is 0.251 e. The molecule has 0 saturated carbocycles. The van der Waals surface area contributed by atoms with E-state index in [-0.39, 0.29) is 17.5 Å². The van der Waals surface area contributed by atoms with Gasteiger partial charge < -0.3 is 11.1 Å². The van der Waals surface area contributed by atoms with Gasteiger partial charge in [0, 0.05) is 11.3 Å². The molecule has 0 fully saturated rings. The van der Waals surface area contributed by atoms with Crippen molar-refractivity contribution in [3.05, 3.63) is 70.8 Å². The molecule has 134 valence electrons. The van der Waals surface area contributed by atoms with Crippen molar-refractivity contribution >= 4 is 22.8 Å². The van der Waals surface area contributed by atoms with E-state index in [1.807, 2.05) is 30.3 Å². The molecule has 26 heavy (non-hydrogen) atoms. The van der Waals surface area contributed by atoms with Crippen LogP contribution in [-0.4, -0.2) is 16.8 Å². The Hall–Kier alpha value is -2.27. The molecule has 4 rings (SSSR count). The summed E-state index contributed by atoms with van der Waals surface area (Å²) in [7, 11) is 0. The Labute approximate surface area is 158 Å². The Morgan fingerprint density at radius 1 is 1.23 bits per heavy atom. The highest BCUT2D eigenvalue weighted by molar-refractivity contribution is 8.13. The summed E-state index contributed by atoms with van der Waals surface area (Å²) in [5.74, 6) is 0.945. The van der Waals surface area contributed by atoms with Gasteiger partial charge in [-0.2, -0.15) is 0 Å². The van der Waals surface area contributed by atoms with Crippen LogP contribution in [-0.2, 0) is 12.0 Å². The maximum atomic E-state index is 12.7. The van der Waals surface area contributed by atoms with Gasteiger partial charge in [0.15, 0.2) is 5.17 Å². The Balaban J connectivity index is 1.49. The molecule has 5 heteroatoms. The third kappa shape index (κ3) is 3.23. The summed E-state index contributed by atoms with van der Waals surface area (Å²) in [5, 5.41) is 3.82. The zero-order chi connectivity index (χ0) is 18.1. The highest BCUT2D eigenvalue weighted by Crippen LogP contribution is 2.35. The summed E-state index contributed by atoms with van der Waals surface area (Å²) < 4.78 is 0. The van der Waals surface area contributed by atoms with Crippen molar-refractivity contribution in [2.45, 2.75) is 37.8 Å². The van der Waals surface area contributed by atoms with Crippen LogP contribution in [0.3, 0.4) is 0 Å². The lowest BCUT2D eigenvalue weighted by Crippen LogP contribution is -2.29. The number of carbonyl (C=O) groups excluding carboxylic acids is 1. The number of aliphatic imine (C=N–C) groups is 1. The van der Waals surface area contributed by atoms with Gasteiger partial charge in [0.2, 0.25) is 0 Å². The lowest BCUT2D eigenvalue weighted by molar-refractivity contribution is 0.0936. The minimum absolute atomic E-state index is 0.0226. The summed E-state index contributed by atoms with van der Waals surface area (Å²) in [4.78, 5) is 17.3. The van der Waals surface area contributed by atoms with Gasteiger partial charge in [0.05, 0.1) is 11.6 Å². The molecule has 1 heterocycles. The fraction of sp³-hybridized carbons (Fsp3) is 0.333. The number of nitrogens with two attached hydrogens (primary N) is 1. The Morgan fingerprint density at radius 2 is 2.00 bits per heavy atom. The van der Waals surface area contributed by atoms with E-state index in [2.05, 4.69) is 35.4 Å². The van der Waals surface area contributed by atoms with Crippen molar-refractivity contribution in [3.63, 3.8) is 0 Å². The fourth-order valence-electron chi connectivity index (χ4n) is 3.82. The van der Waals surface area contributed by atoms with Crippen LogP contribution in [0.15, 0.2) is 53.5 Å². The van der Waals surface area contributed by atoms with Gasteiger partial charge in [-0.25, -0.2) is 0 Å². The first kappa shape index (κ1) is 17.2. The van der Waals surface area contributed by atoms with Crippen LogP contribution in [0.2, 0.25) is 0 Å². The van der Waals surface area contributed by atoms with Crippen molar-refractivity contribution < 1.29 is 4.79 Å². The maximum Gasteiger partial charge on any atom is 0.251 e. The number of benzene rings is 2. The molecule has 1 aliphatic carbocycles. The Kier molecular flexibility index (Phi) is 4.49. The highest BCUT2D eigenvalue weighted by atomic mass is 32.2. The van der Waals surface area contributed by atoms with Crippen molar-refractivity contribution in [1.82, 2.24) is 5.32 Å². The van der Waals surface area contributed by atoms with Crippen LogP contribution in [0.25, 0.3) is 0 Å². The predicted molar refractivity (Wildman–Crippen MR) is 107 cm³/mol. The largest absolute Gasteiger partial charge is 0.379 e. The van der Waals surface area contributed by atoms with Crippen LogP contribution in [0, 0.1) is 0 Å². The number of amidine groups is 1. The molecule has 3 N–H and O–H groups in total. The number of hydrogen-bond donors (Lipinski definition) is 2. The minimum atomic E-state index is -0.297. The minimum Gasteiger partial charge on any atom is -0.379 e. The third-order valence-electron chi connectivity index (χ3n) is 5.40. The van der Waals surface area contributed by atoms with Crippen LogP contribution in [0.4, 0.5) is 0 Å². The molecule has 2 aliphatic rings. The first-order chi connectivity index (χ1) is 12.5. The molecule has 0 saturated heterocycles. The average molecular weight is 366 g/mol. The van der Waals surface area contributed by atoms with Gasteiger partial charge in [0.1, 0.15) is 0 Å². The van der Waals surface area contributed by atoms with Gasteiger partial charge >= 0.3 is 0 Å². The van der Waals surface area contributed by atoms with Crippen LogP contribution >= 0.6 is 11.8 Å². The van der Waals surface area contributed by atoms with Crippen molar-refractivity contribution in [3.8, 4) is 0 Å². The predicted octanol–water partition coefficient (Wildman–Crippen LogP) is 3.77. The van der Waals surface area contributed by atoms with Crippen LogP contribution in [0.5, 0.6) is 0 Å². The fourth-order valence-corrected chi connectivity index (χ4v) is 4.80. The van der Waals surface area contributed by atoms with E-state index in [0.29, 0.717) is 10.7 Å². The second kappa shape index (κ2) is 6.80. The molecule has 2 aromatic rings. The number of amides is 1. The molecule has 0 aromatic heterocycles. The van der Waals surface area contributed by atoms with E-state index in [1.165, 1.54) is 11.1 Å². The summed E-state index contributed by atoms with van der Waals surface area (Å²) in [6.07, 6.45) is 2.94. The zero-order valence-corrected chi connectivity index (χ0v) is 15.7. The third-order valence-corrected chi connectivity index (χ3v) is 6.20. The number of aryl methyl sites for hydroxylation is 1. The SMILES string of the molecule is CC1(c2ccc(C(=O)NC3CCc4ccccc43)cc2)CCSC(N)=N1. The van der Waals surface area contributed by atoms with E-state index < -0.39 is 0 Å². The van der Waals surface area contributed by atoms with Gasteiger partial charge in [-0.15, -0.1) is 0 Å². The van der Waals surface area contributed by atoms with Crippen LogP contribution in [0.1, 0.15) is 52.9 Å². The second-order valence-electron chi connectivity index (χ2n) is 7.16. The number of nitrogens with one attached hydrogen (secondary N) is 1. The summed E-state index contributed by atoms with van der Waals surface area (Å²) in [6.45, 7) is 2.10. The molecule has 4 nitrogen and oxygen atoms in total. The summed E-state index contributed by atoms with van der Waals surface area (Å²) >= 11 is 1.60. The molecule has 0 bridgehead atoms. The monoisotopic (exact) mass is 365 g/mol. The number of rotatable bonds is 3. The molecule has 1 aliphatic heterocycles. The standard InChI is InChI=1S/C21H23N3OS/c1-21(12-13-26-20(22)24-21)16-9-6-15(7-10-16)19(25)23-18-11-8-14-4-2-3-5-17(14)18/h2-7,9-10,18H,8,11-13H2,1H3,(H2,22,24)(H,23,25). The van der Waals surface area contributed by atoms with Gasteiger partial charge in [-0.3, -0.25) is 9.79 Å². The summed E-state index contributed by atoms with van der Waals surface area (Å²) in [5.41, 5.74) is 9.98. The van der Waals surface area contributed by atoms with Crippen LogP contribution < -0.4 is 11.1 Å². The first-order valence-electron chi connectivity index (χ1n) is 9.02. The lowest BCUT2D eigenvalue weighted by atomic mass is 9.89. The number of fused-ring (bicyclic) bond motifs is 1. The zero-order valence-electron chi connectivity index (χ0n) is 14.9. The molecular formula is C21H23N3OS. The number of nitrogens with zero attached hydrogens (tertiary/aromatic N) is 1. The normalized spacial score (nSPS) is 24.7. The number of hydrogen-bond acceptors (Lipinski definition) is 4. The molecule has 1 amide bonds. The quantitative estimate of drug-likeness (QED) is 0.870. The second-order valence-corrected chi connectivity index (χ2v) is 8.28. The average Bonchev–Trinajstić information content (AvgIpc) is 3.05. The molecule has 2 unspecified atom stereocenters. The topological polar surface area (TPSA) is 67.5 Å². The van der Waals surface area contributed by atoms with Crippen molar-refractivity contribution in [2.24, 2.45) is 10.7 Å². The number of thioether (sulfide) groups is 1. The number of carbonyl (C=O) groups is 1. The Morgan fingerprint density at radius 3 is 2.77 bits per heavy atom. The Bertz CT molecular complexity index is 862. The van der Waals surface area contributed by atoms with Crippen molar-refractivity contribution in [2.75, 3.05) is 5.75 Å². The molecule has 0 radical (unpaired) electrons. The molecule has 2 aromatic carbocycles. The van der Waals surface area contributed by atoms with E-state index in [4.69, 9.17) is 5.73 Å². The van der Waals surface area contributed by atoms with E-state index in [0.717, 1.165) is 30.6 Å². The van der Waals surface area contributed by atoms with E-state index in [9.17, 15) is 4.79 Å². The van der Waals surface area contributed by atoms with E-state index >= 15 is 0 Å². The summed E-state index contributed by atoms with van der Waals surface area (Å²) in [6, 6.07) is 16.3. The maximum absolute atomic E-state index is 12.7. The van der Waals surface area contributed by atoms with E-state index in [1.54, 1.807) is 11.8 Å².